The molecule has 3 fully saturated rings. The molecule has 2 bridgehead atoms. The van der Waals surface area contributed by atoms with Crippen LogP contribution in [0.1, 0.15) is 66.2 Å². The zero-order chi connectivity index (χ0) is 16.0. The van der Waals surface area contributed by atoms with Crippen LogP contribution in [0.25, 0.3) is 0 Å². The van der Waals surface area contributed by atoms with Crippen LogP contribution in [-0.2, 0) is 4.74 Å². The summed E-state index contributed by atoms with van der Waals surface area (Å²) in [5, 5.41) is 10.4. The summed E-state index contributed by atoms with van der Waals surface area (Å²) in [6, 6.07) is 0.613. The van der Waals surface area contributed by atoms with Gasteiger partial charge in [-0.25, -0.2) is 0 Å². The molecule has 2 aliphatic carbocycles. The van der Waals surface area contributed by atoms with Gasteiger partial charge in [0.2, 0.25) is 0 Å². The first-order valence-electron chi connectivity index (χ1n) is 9.38. The minimum Gasteiger partial charge on any atom is -0.389 e. The van der Waals surface area contributed by atoms with E-state index in [-0.39, 0.29) is 18.5 Å². The van der Waals surface area contributed by atoms with E-state index in [0.29, 0.717) is 29.6 Å². The van der Waals surface area contributed by atoms with Gasteiger partial charge in [-0.15, -0.1) is 12.4 Å². The zero-order valence-electron chi connectivity index (χ0n) is 15.4. The summed E-state index contributed by atoms with van der Waals surface area (Å²) in [6.07, 6.45) is 7.71. The molecule has 1 aliphatic heterocycles. The predicted octanol–water partition coefficient (Wildman–Crippen LogP) is 3.87. The lowest BCUT2D eigenvalue weighted by Crippen LogP contribution is -2.44. The van der Waals surface area contributed by atoms with Crippen molar-refractivity contribution in [2.24, 2.45) is 16.7 Å². The second-order valence-corrected chi connectivity index (χ2v) is 8.93. The molecule has 4 heteroatoms. The molecule has 0 aromatic heterocycles. The maximum atomic E-state index is 10.4. The Balaban J connectivity index is 0.00000192. The molecular weight excluding hydrogens is 310 g/mol. The SMILES string of the molecule is CC1CCCCN1CC(O)COC1CC2CCC1(C)C2(C)C.Cl. The molecule has 23 heavy (non-hydrogen) atoms. The van der Waals surface area contributed by atoms with Crippen LogP contribution >= 0.6 is 12.4 Å². The number of piperidine rings is 1. The van der Waals surface area contributed by atoms with Crippen LogP contribution in [0, 0.1) is 16.7 Å². The van der Waals surface area contributed by atoms with Crippen LogP contribution in [0.2, 0.25) is 0 Å². The number of fused-ring (bicyclic) bond motifs is 2. The number of likely N-dealkylation sites (tertiary alicyclic amines) is 1. The van der Waals surface area contributed by atoms with Gasteiger partial charge in [0, 0.05) is 12.6 Å². The molecule has 3 nitrogen and oxygen atoms in total. The molecule has 3 rings (SSSR count). The number of ether oxygens (including phenoxy) is 1. The van der Waals surface area contributed by atoms with Gasteiger partial charge in [0.25, 0.3) is 0 Å². The summed E-state index contributed by atoms with van der Waals surface area (Å²) in [4.78, 5) is 2.43. The highest BCUT2D eigenvalue weighted by molar-refractivity contribution is 5.85. The van der Waals surface area contributed by atoms with Crippen molar-refractivity contribution >= 4 is 12.4 Å². The number of aliphatic hydroxyl groups excluding tert-OH is 1. The molecule has 136 valence electrons. The van der Waals surface area contributed by atoms with E-state index in [2.05, 4.69) is 32.6 Å². The summed E-state index contributed by atoms with van der Waals surface area (Å²) < 4.78 is 6.24. The Labute approximate surface area is 148 Å². The van der Waals surface area contributed by atoms with Crippen molar-refractivity contribution < 1.29 is 9.84 Å². The van der Waals surface area contributed by atoms with Gasteiger partial charge in [-0.2, -0.15) is 0 Å². The Hall–Kier alpha value is 0.170. The average Bonchev–Trinajstić information content (AvgIpc) is 2.80. The van der Waals surface area contributed by atoms with E-state index in [9.17, 15) is 5.11 Å². The van der Waals surface area contributed by atoms with Crippen LogP contribution in [0.15, 0.2) is 0 Å². The van der Waals surface area contributed by atoms with Gasteiger partial charge in [0.1, 0.15) is 0 Å². The monoisotopic (exact) mass is 345 g/mol. The van der Waals surface area contributed by atoms with Crippen LogP contribution < -0.4 is 0 Å². The molecule has 0 amide bonds. The van der Waals surface area contributed by atoms with E-state index < -0.39 is 0 Å². The van der Waals surface area contributed by atoms with Gasteiger partial charge in [0.05, 0.1) is 18.8 Å². The number of hydrogen-bond acceptors (Lipinski definition) is 3. The quantitative estimate of drug-likeness (QED) is 0.820. The highest BCUT2D eigenvalue weighted by atomic mass is 35.5. The van der Waals surface area contributed by atoms with E-state index >= 15 is 0 Å². The highest BCUT2D eigenvalue weighted by Gasteiger charge is 2.61. The Bertz CT molecular complexity index is 403. The molecule has 5 unspecified atom stereocenters. The number of β-amino-alcohol motifs (C(OH)–C–C–N with tert-alkyl or cyclic N) is 1. The van der Waals surface area contributed by atoms with Gasteiger partial charge in [0.15, 0.2) is 0 Å². The largest absolute Gasteiger partial charge is 0.389 e. The van der Waals surface area contributed by atoms with Gasteiger partial charge < -0.3 is 9.84 Å². The van der Waals surface area contributed by atoms with Crippen molar-refractivity contribution in [2.45, 2.75) is 84.5 Å². The highest BCUT2D eigenvalue weighted by Crippen LogP contribution is 2.66. The fraction of sp³-hybridized carbons (Fsp3) is 1.00. The first-order chi connectivity index (χ1) is 10.3. The van der Waals surface area contributed by atoms with Gasteiger partial charge in [-0.05, 0) is 62.3 Å². The Morgan fingerprint density at radius 1 is 1.22 bits per heavy atom. The maximum Gasteiger partial charge on any atom is 0.0900 e. The van der Waals surface area contributed by atoms with E-state index in [1.165, 1.54) is 38.5 Å². The number of nitrogens with zero attached hydrogens (tertiary/aromatic N) is 1. The fourth-order valence-electron chi connectivity index (χ4n) is 5.36. The number of aliphatic hydroxyl groups is 1. The summed E-state index contributed by atoms with van der Waals surface area (Å²) in [5.74, 6) is 0.807. The van der Waals surface area contributed by atoms with Gasteiger partial charge in [-0.3, -0.25) is 4.90 Å². The van der Waals surface area contributed by atoms with E-state index in [1.807, 2.05) is 0 Å². The minimum absolute atomic E-state index is 0. The molecule has 0 aromatic rings. The van der Waals surface area contributed by atoms with Crippen molar-refractivity contribution in [3.63, 3.8) is 0 Å². The smallest absolute Gasteiger partial charge is 0.0900 e. The number of rotatable bonds is 5. The molecule has 0 spiro atoms. The van der Waals surface area contributed by atoms with Crippen LogP contribution in [0.5, 0.6) is 0 Å². The molecule has 0 aromatic carbocycles. The topological polar surface area (TPSA) is 32.7 Å². The van der Waals surface area contributed by atoms with Crippen molar-refractivity contribution in [1.29, 1.82) is 0 Å². The third-order valence-corrected chi connectivity index (χ3v) is 7.59. The molecule has 1 heterocycles. The fourth-order valence-corrected chi connectivity index (χ4v) is 5.36. The summed E-state index contributed by atoms with van der Waals surface area (Å²) in [7, 11) is 0. The normalized spacial score (nSPS) is 40.8. The molecular formula is C19H36ClNO2. The third kappa shape index (κ3) is 3.44. The Kier molecular flexibility index (Phi) is 6.10. The van der Waals surface area contributed by atoms with Crippen molar-refractivity contribution in [1.82, 2.24) is 4.90 Å². The molecule has 5 atom stereocenters. The van der Waals surface area contributed by atoms with Crippen molar-refractivity contribution in [2.75, 3.05) is 19.7 Å². The molecule has 3 aliphatic rings. The van der Waals surface area contributed by atoms with Crippen molar-refractivity contribution in [3.8, 4) is 0 Å². The molecule has 1 N–H and O–H groups in total. The first kappa shape index (κ1) is 19.5. The second kappa shape index (κ2) is 7.19. The maximum absolute atomic E-state index is 10.4. The first-order valence-corrected chi connectivity index (χ1v) is 9.38. The molecule has 0 radical (unpaired) electrons. The van der Waals surface area contributed by atoms with Crippen LogP contribution in [-0.4, -0.2) is 48.0 Å². The van der Waals surface area contributed by atoms with Gasteiger partial charge in [-0.1, -0.05) is 27.2 Å². The van der Waals surface area contributed by atoms with E-state index in [1.54, 1.807) is 0 Å². The zero-order valence-corrected chi connectivity index (χ0v) is 16.2. The van der Waals surface area contributed by atoms with Crippen LogP contribution in [0.4, 0.5) is 0 Å². The van der Waals surface area contributed by atoms with Gasteiger partial charge >= 0.3 is 0 Å². The van der Waals surface area contributed by atoms with Crippen LogP contribution in [0.3, 0.4) is 0 Å². The Morgan fingerprint density at radius 3 is 2.52 bits per heavy atom. The van der Waals surface area contributed by atoms with E-state index in [0.717, 1.165) is 19.0 Å². The lowest BCUT2D eigenvalue weighted by molar-refractivity contribution is -0.0816. The van der Waals surface area contributed by atoms with Crippen molar-refractivity contribution in [3.05, 3.63) is 0 Å². The number of halogens is 1. The standard InChI is InChI=1S/C19H35NO2.ClH/c1-14-7-5-6-10-20(14)12-16(21)13-22-17-11-15-8-9-19(17,4)18(15,2)3;/h14-17,21H,5-13H2,1-4H3;1H. The molecule has 2 saturated carbocycles. The third-order valence-electron chi connectivity index (χ3n) is 7.59. The summed E-state index contributed by atoms with van der Waals surface area (Å²) in [5.41, 5.74) is 0.694. The second-order valence-electron chi connectivity index (χ2n) is 8.93. The average molecular weight is 346 g/mol. The lowest BCUT2D eigenvalue weighted by Gasteiger charge is -2.39. The lowest BCUT2D eigenvalue weighted by atomic mass is 9.70. The number of hydrogen-bond donors (Lipinski definition) is 1. The molecule has 1 saturated heterocycles. The summed E-state index contributed by atoms with van der Waals surface area (Å²) >= 11 is 0. The predicted molar refractivity (Wildman–Crippen MR) is 97.1 cm³/mol. The minimum atomic E-state index is -0.341. The summed E-state index contributed by atoms with van der Waals surface area (Å²) in [6.45, 7) is 11.9. The Morgan fingerprint density at radius 2 is 1.96 bits per heavy atom. The van der Waals surface area contributed by atoms with E-state index in [4.69, 9.17) is 4.74 Å².